The van der Waals surface area contributed by atoms with E-state index in [-0.39, 0.29) is 17.6 Å². The minimum atomic E-state index is -0.158. The molecule has 1 aliphatic carbocycles. The van der Waals surface area contributed by atoms with Crippen LogP contribution in [0.3, 0.4) is 0 Å². The molecule has 1 fully saturated rings. The SMILES string of the molecule is CC(C)(C)c1nsc(NC2(CO)CCCC2)n1. The Hall–Kier alpha value is -0.680. The second-order valence-corrected chi connectivity index (χ2v) is 6.70. The highest BCUT2D eigenvalue weighted by atomic mass is 32.1. The molecule has 0 radical (unpaired) electrons. The molecule has 1 heterocycles. The molecule has 1 aromatic heterocycles. The Kier molecular flexibility index (Phi) is 3.41. The summed E-state index contributed by atoms with van der Waals surface area (Å²) in [5.41, 5.74) is -0.173. The van der Waals surface area contributed by atoms with Crippen molar-refractivity contribution in [3.05, 3.63) is 5.82 Å². The predicted molar refractivity (Wildman–Crippen MR) is 70.5 cm³/mol. The van der Waals surface area contributed by atoms with E-state index in [9.17, 15) is 5.11 Å². The Labute approximate surface area is 107 Å². The third-order valence-corrected chi connectivity index (χ3v) is 3.96. The summed E-state index contributed by atoms with van der Waals surface area (Å²) in [6, 6.07) is 0. The average molecular weight is 255 g/mol. The quantitative estimate of drug-likeness (QED) is 0.871. The molecular weight excluding hydrogens is 234 g/mol. The number of nitrogens with zero attached hydrogens (tertiary/aromatic N) is 2. The van der Waals surface area contributed by atoms with Gasteiger partial charge in [0.1, 0.15) is 5.82 Å². The van der Waals surface area contributed by atoms with Crippen LogP contribution in [0.4, 0.5) is 5.13 Å². The van der Waals surface area contributed by atoms with Crippen molar-refractivity contribution in [1.82, 2.24) is 9.36 Å². The number of aliphatic hydroxyl groups is 1. The molecule has 0 aliphatic heterocycles. The summed E-state index contributed by atoms with van der Waals surface area (Å²) in [5.74, 6) is 0.871. The lowest BCUT2D eigenvalue weighted by atomic mass is 9.96. The van der Waals surface area contributed by atoms with Crippen LogP contribution in [-0.2, 0) is 5.41 Å². The smallest absolute Gasteiger partial charge is 0.203 e. The highest BCUT2D eigenvalue weighted by molar-refractivity contribution is 7.09. The molecule has 4 nitrogen and oxygen atoms in total. The van der Waals surface area contributed by atoms with Gasteiger partial charge in [-0.05, 0) is 12.8 Å². The van der Waals surface area contributed by atoms with Crippen LogP contribution in [0.25, 0.3) is 0 Å². The maximum atomic E-state index is 9.54. The van der Waals surface area contributed by atoms with Crippen molar-refractivity contribution in [2.45, 2.75) is 57.4 Å². The van der Waals surface area contributed by atoms with Gasteiger partial charge in [-0.25, -0.2) is 4.98 Å². The van der Waals surface area contributed by atoms with Gasteiger partial charge in [-0.2, -0.15) is 4.37 Å². The standard InChI is InChI=1S/C12H21N3OS/c1-11(2,3)9-13-10(17-15-9)14-12(8-16)6-4-5-7-12/h16H,4-8H2,1-3H3,(H,13,14,15). The molecule has 0 spiro atoms. The number of nitrogens with one attached hydrogen (secondary N) is 1. The molecule has 0 saturated heterocycles. The fourth-order valence-corrected chi connectivity index (χ4v) is 3.06. The summed E-state index contributed by atoms with van der Waals surface area (Å²) >= 11 is 1.39. The first-order valence-corrected chi connectivity index (χ1v) is 6.96. The summed E-state index contributed by atoms with van der Waals surface area (Å²) in [6.07, 6.45) is 4.40. The molecule has 1 saturated carbocycles. The molecule has 96 valence electrons. The van der Waals surface area contributed by atoms with E-state index in [1.807, 2.05) is 0 Å². The van der Waals surface area contributed by atoms with Crippen molar-refractivity contribution >= 4 is 16.7 Å². The van der Waals surface area contributed by atoms with Crippen LogP contribution < -0.4 is 5.32 Å². The predicted octanol–water partition coefficient (Wildman–Crippen LogP) is 2.55. The molecule has 1 aliphatic rings. The third-order valence-electron chi connectivity index (χ3n) is 3.33. The number of hydrogen-bond donors (Lipinski definition) is 2. The Morgan fingerprint density at radius 1 is 1.35 bits per heavy atom. The van der Waals surface area contributed by atoms with Gasteiger partial charge >= 0.3 is 0 Å². The fourth-order valence-electron chi connectivity index (χ4n) is 2.18. The molecule has 0 unspecified atom stereocenters. The Morgan fingerprint density at radius 2 is 2.00 bits per heavy atom. The first-order valence-electron chi connectivity index (χ1n) is 6.18. The molecule has 0 atom stereocenters. The molecule has 0 bridgehead atoms. The highest BCUT2D eigenvalue weighted by Gasteiger charge is 2.34. The van der Waals surface area contributed by atoms with Crippen LogP contribution in [0.5, 0.6) is 0 Å². The zero-order valence-corrected chi connectivity index (χ0v) is 11.6. The van der Waals surface area contributed by atoms with Crippen LogP contribution in [-0.4, -0.2) is 26.6 Å². The van der Waals surface area contributed by atoms with Gasteiger partial charge in [0.2, 0.25) is 5.13 Å². The normalized spacial score (nSPS) is 19.5. The zero-order valence-electron chi connectivity index (χ0n) is 10.8. The van der Waals surface area contributed by atoms with Crippen LogP contribution in [0.2, 0.25) is 0 Å². The van der Waals surface area contributed by atoms with E-state index < -0.39 is 0 Å². The van der Waals surface area contributed by atoms with Crippen molar-refractivity contribution in [3.63, 3.8) is 0 Å². The highest BCUT2D eigenvalue weighted by Crippen LogP contribution is 2.34. The average Bonchev–Trinajstić information content (AvgIpc) is 2.87. The van der Waals surface area contributed by atoms with E-state index in [0.717, 1.165) is 23.8 Å². The van der Waals surface area contributed by atoms with E-state index in [2.05, 4.69) is 35.4 Å². The summed E-state index contributed by atoms with van der Waals surface area (Å²) in [4.78, 5) is 4.52. The molecule has 17 heavy (non-hydrogen) atoms. The fraction of sp³-hybridized carbons (Fsp3) is 0.833. The van der Waals surface area contributed by atoms with E-state index in [4.69, 9.17) is 0 Å². The largest absolute Gasteiger partial charge is 0.394 e. The van der Waals surface area contributed by atoms with Gasteiger partial charge in [-0.15, -0.1) is 0 Å². The molecule has 0 aromatic carbocycles. The molecule has 1 aromatic rings. The van der Waals surface area contributed by atoms with Gasteiger partial charge in [-0.1, -0.05) is 33.6 Å². The van der Waals surface area contributed by atoms with Gasteiger partial charge in [0.25, 0.3) is 0 Å². The third kappa shape index (κ3) is 2.77. The number of hydrogen-bond acceptors (Lipinski definition) is 5. The minimum absolute atomic E-state index is 0.0154. The Bertz CT molecular complexity index is 377. The monoisotopic (exact) mass is 255 g/mol. The van der Waals surface area contributed by atoms with Crippen molar-refractivity contribution < 1.29 is 5.11 Å². The molecule has 5 heteroatoms. The van der Waals surface area contributed by atoms with E-state index in [1.54, 1.807) is 0 Å². The van der Waals surface area contributed by atoms with Crippen LogP contribution >= 0.6 is 11.5 Å². The van der Waals surface area contributed by atoms with Crippen molar-refractivity contribution in [2.24, 2.45) is 0 Å². The maximum Gasteiger partial charge on any atom is 0.203 e. The molecule has 0 amide bonds. The summed E-state index contributed by atoms with van der Waals surface area (Å²) in [5, 5.41) is 13.8. The van der Waals surface area contributed by atoms with Gasteiger partial charge < -0.3 is 10.4 Å². The second kappa shape index (κ2) is 4.53. The molecular formula is C12H21N3OS. The van der Waals surface area contributed by atoms with Crippen LogP contribution in [0.15, 0.2) is 0 Å². The lowest BCUT2D eigenvalue weighted by Gasteiger charge is -2.27. The van der Waals surface area contributed by atoms with E-state index in [1.165, 1.54) is 24.4 Å². The van der Waals surface area contributed by atoms with Crippen LogP contribution in [0.1, 0.15) is 52.3 Å². The molecule has 2 rings (SSSR count). The van der Waals surface area contributed by atoms with Gasteiger partial charge in [0, 0.05) is 16.9 Å². The van der Waals surface area contributed by atoms with Crippen molar-refractivity contribution in [3.8, 4) is 0 Å². The number of aromatic nitrogens is 2. The summed E-state index contributed by atoms with van der Waals surface area (Å²) in [7, 11) is 0. The minimum Gasteiger partial charge on any atom is -0.394 e. The van der Waals surface area contributed by atoms with E-state index in [0.29, 0.717) is 0 Å². The zero-order chi connectivity index (χ0) is 12.5. The van der Waals surface area contributed by atoms with E-state index >= 15 is 0 Å². The topological polar surface area (TPSA) is 58.0 Å². The number of rotatable bonds is 3. The first-order chi connectivity index (χ1) is 7.95. The number of aliphatic hydroxyl groups excluding tert-OH is 1. The summed E-state index contributed by atoms with van der Waals surface area (Å²) in [6.45, 7) is 6.50. The Balaban J connectivity index is 2.11. The first kappa shape index (κ1) is 12.8. The van der Waals surface area contributed by atoms with Gasteiger partial charge in [-0.3, -0.25) is 0 Å². The number of anilines is 1. The summed E-state index contributed by atoms with van der Waals surface area (Å²) < 4.78 is 4.38. The van der Waals surface area contributed by atoms with Gasteiger partial charge in [0.05, 0.1) is 12.1 Å². The lowest BCUT2D eigenvalue weighted by molar-refractivity contribution is 0.214. The Morgan fingerprint density at radius 3 is 2.47 bits per heavy atom. The lowest BCUT2D eigenvalue weighted by Crippen LogP contribution is -2.39. The maximum absolute atomic E-state index is 9.54. The molecule has 2 N–H and O–H groups in total. The van der Waals surface area contributed by atoms with Gasteiger partial charge in [0.15, 0.2) is 0 Å². The van der Waals surface area contributed by atoms with Crippen molar-refractivity contribution in [1.29, 1.82) is 0 Å². The van der Waals surface area contributed by atoms with Crippen LogP contribution in [0, 0.1) is 0 Å². The second-order valence-electron chi connectivity index (χ2n) is 5.94. The van der Waals surface area contributed by atoms with Crippen molar-refractivity contribution in [2.75, 3.05) is 11.9 Å².